The molecule has 2 amide bonds. The van der Waals surface area contributed by atoms with Crippen LogP contribution in [0.5, 0.6) is 0 Å². The summed E-state index contributed by atoms with van der Waals surface area (Å²) in [5.41, 5.74) is 2.45. The molecule has 1 saturated heterocycles. The Balaban J connectivity index is 2.02. The molecule has 0 aliphatic carbocycles. The fourth-order valence-corrected chi connectivity index (χ4v) is 3.90. The fraction of sp³-hybridized carbons (Fsp3) is 0.579. The number of hydrogen-bond acceptors (Lipinski definition) is 3. The van der Waals surface area contributed by atoms with Crippen LogP contribution < -0.4 is 10.2 Å². The lowest BCUT2D eigenvalue weighted by atomic mass is 9.87. The number of hydrogen-bond donors (Lipinski definition) is 2. The van der Waals surface area contributed by atoms with Gasteiger partial charge in [-0.25, -0.2) is 0 Å². The van der Waals surface area contributed by atoms with Crippen molar-refractivity contribution < 1.29 is 14.5 Å². The van der Waals surface area contributed by atoms with E-state index in [1.807, 2.05) is 14.1 Å². The van der Waals surface area contributed by atoms with Crippen molar-refractivity contribution in [3.63, 3.8) is 0 Å². The molecule has 1 atom stereocenters. The summed E-state index contributed by atoms with van der Waals surface area (Å²) in [6.45, 7) is 8.17. The molecule has 0 saturated carbocycles. The van der Waals surface area contributed by atoms with Gasteiger partial charge in [-0.1, -0.05) is 45.0 Å². The van der Waals surface area contributed by atoms with E-state index >= 15 is 0 Å². The second kappa shape index (κ2) is 8.23. The van der Waals surface area contributed by atoms with Crippen molar-refractivity contribution in [1.29, 1.82) is 0 Å². The molecule has 1 fully saturated rings. The van der Waals surface area contributed by atoms with Crippen LogP contribution in [-0.4, -0.2) is 56.2 Å². The van der Waals surface area contributed by atoms with Gasteiger partial charge in [-0.15, -0.1) is 11.8 Å². The van der Waals surface area contributed by atoms with E-state index in [1.165, 1.54) is 10.5 Å². The average molecular weight is 365 g/mol. The van der Waals surface area contributed by atoms with Gasteiger partial charge in [0.2, 0.25) is 11.8 Å². The van der Waals surface area contributed by atoms with Crippen LogP contribution >= 0.6 is 11.8 Å². The summed E-state index contributed by atoms with van der Waals surface area (Å²) in [5, 5.41) is 2.82. The van der Waals surface area contributed by atoms with E-state index in [1.54, 1.807) is 16.7 Å². The minimum absolute atomic E-state index is 0.0308. The molecule has 1 aromatic rings. The first kappa shape index (κ1) is 19.8. The van der Waals surface area contributed by atoms with Crippen LogP contribution in [0, 0.1) is 0 Å². The van der Waals surface area contributed by atoms with E-state index in [2.05, 4.69) is 50.4 Å². The molecule has 0 bridgehead atoms. The zero-order chi connectivity index (χ0) is 18.6. The zero-order valence-corrected chi connectivity index (χ0v) is 16.7. The van der Waals surface area contributed by atoms with Crippen LogP contribution in [0.3, 0.4) is 0 Å². The largest absolute Gasteiger partial charge is 0.349 e. The van der Waals surface area contributed by atoms with Crippen molar-refractivity contribution >= 4 is 23.6 Å². The topological polar surface area (TPSA) is 53.9 Å². The number of quaternary nitrogens is 1. The van der Waals surface area contributed by atoms with Gasteiger partial charge in [-0.2, -0.15) is 0 Å². The molecular formula is C19H30N3O2S+. The van der Waals surface area contributed by atoms with Gasteiger partial charge in [0, 0.05) is 0 Å². The highest BCUT2D eigenvalue weighted by atomic mass is 32.2. The van der Waals surface area contributed by atoms with E-state index in [-0.39, 0.29) is 29.1 Å². The third kappa shape index (κ3) is 5.47. The molecule has 1 heterocycles. The lowest BCUT2D eigenvalue weighted by molar-refractivity contribution is -0.856. The number of nitrogens with one attached hydrogen (secondary N) is 2. The van der Waals surface area contributed by atoms with Crippen LogP contribution in [0.25, 0.3) is 0 Å². The Hall–Kier alpha value is -1.53. The average Bonchev–Trinajstić information content (AvgIpc) is 2.87. The van der Waals surface area contributed by atoms with Gasteiger partial charge in [0.15, 0.2) is 0 Å². The quantitative estimate of drug-likeness (QED) is 0.786. The Morgan fingerprint density at radius 3 is 2.48 bits per heavy atom. The van der Waals surface area contributed by atoms with Gasteiger partial charge >= 0.3 is 0 Å². The molecular weight excluding hydrogens is 334 g/mol. The van der Waals surface area contributed by atoms with Crippen LogP contribution in [0.1, 0.15) is 37.3 Å². The fourth-order valence-electron chi connectivity index (χ4n) is 2.71. The maximum atomic E-state index is 12.2. The Kier molecular flexibility index (Phi) is 6.52. The zero-order valence-electron chi connectivity index (χ0n) is 15.9. The van der Waals surface area contributed by atoms with Crippen molar-refractivity contribution in [2.45, 2.75) is 31.6 Å². The van der Waals surface area contributed by atoms with Crippen LogP contribution in [0.15, 0.2) is 24.3 Å². The molecule has 6 heteroatoms. The molecule has 138 valence electrons. The Morgan fingerprint density at radius 2 is 1.92 bits per heavy atom. The summed E-state index contributed by atoms with van der Waals surface area (Å²) in [4.78, 5) is 27.4. The molecule has 25 heavy (non-hydrogen) atoms. The predicted molar refractivity (Wildman–Crippen MR) is 103 cm³/mol. The van der Waals surface area contributed by atoms with Crippen LogP contribution in [0.4, 0.5) is 0 Å². The number of benzene rings is 1. The molecule has 1 aliphatic rings. The number of carbonyl (C=O) groups excluding carboxylic acids is 2. The molecule has 2 N–H and O–H groups in total. The summed E-state index contributed by atoms with van der Waals surface area (Å²) >= 11 is 1.59. The number of thioether (sulfide) groups is 1. The standard InChI is InChI=1S/C19H29N3O2S/c1-19(2,3)15-8-6-14(7-9-15)18-22(17(24)13-25-18)12-16(23)20-10-11-21(4)5/h6-9,18H,10-13H2,1-5H3,(H,20,23)/p+1/t18-/m1/s1. The van der Waals surface area contributed by atoms with Gasteiger partial charge in [-0.05, 0) is 16.5 Å². The number of nitrogens with zero attached hydrogens (tertiary/aromatic N) is 1. The van der Waals surface area contributed by atoms with Gasteiger partial charge in [0.05, 0.1) is 32.9 Å². The van der Waals surface area contributed by atoms with Crippen molar-refractivity contribution in [2.75, 3.05) is 39.5 Å². The van der Waals surface area contributed by atoms with E-state index in [9.17, 15) is 9.59 Å². The number of rotatable bonds is 6. The van der Waals surface area contributed by atoms with Gasteiger partial charge in [-0.3, -0.25) is 9.59 Å². The smallest absolute Gasteiger partial charge is 0.239 e. The SMILES string of the molecule is C[NH+](C)CCNC(=O)CN1C(=O)CS[C@@H]1c1ccc(C(C)(C)C)cc1. The molecule has 5 nitrogen and oxygen atoms in total. The van der Waals surface area contributed by atoms with Gasteiger partial charge in [0.25, 0.3) is 0 Å². The summed E-state index contributed by atoms with van der Waals surface area (Å²) in [7, 11) is 4.09. The second-order valence-electron chi connectivity index (χ2n) is 7.86. The van der Waals surface area contributed by atoms with E-state index in [0.29, 0.717) is 12.3 Å². The highest BCUT2D eigenvalue weighted by Gasteiger charge is 2.34. The molecule has 0 radical (unpaired) electrons. The summed E-state index contributed by atoms with van der Waals surface area (Å²) in [6, 6.07) is 8.40. The number of carbonyl (C=O) groups is 2. The molecule has 1 aliphatic heterocycles. The molecule has 0 unspecified atom stereocenters. The monoisotopic (exact) mass is 364 g/mol. The minimum Gasteiger partial charge on any atom is -0.349 e. The van der Waals surface area contributed by atoms with Crippen molar-refractivity contribution in [1.82, 2.24) is 10.2 Å². The third-order valence-electron chi connectivity index (χ3n) is 4.29. The predicted octanol–water partition coefficient (Wildman–Crippen LogP) is 0.819. The minimum atomic E-state index is -0.0894. The molecule has 0 spiro atoms. The maximum Gasteiger partial charge on any atom is 0.239 e. The maximum absolute atomic E-state index is 12.2. The van der Waals surface area contributed by atoms with Gasteiger partial charge in [0.1, 0.15) is 11.9 Å². The third-order valence-corrected chi connectivity index (χ3v) is 5.55. The summed E-state index contributed by atoms with van der Waals surface area (Å²) < 4.78 is 0. The summed E-state index contributed by atoms with van der Waals surface area (Å²) in [6.07, 6.45) is 0. The molecule has 0 aromatic heterocycles. The van der Waals surface area contributed by atoms with Crippen LogP contribution in [0.2, 0.25) is 0 Å². The van der Waals surface area contributed by atoms with Crippen molar-refractivity contribution in [3.05, 3.63) is 35.4 Å². The molecule has 1 aromatic carbocycles. The first-order valence-corrected chi connectivity index (χ1v) is 9.80. The molecule has 2 rings (SSSR count). The lowest BCUT2D eigenvalue weighted by Crippen LogP contribution is -3.06. The first-order valence-electron chi connectivity index (χ1n) is 8.75. The second-order valence-corrected chi connectivity index (χ2v) is 8.93. The highest BCUT2D eigenvalue weighted by molar-refractivity contribution is 8.00. The van der Waals surface area contributed by atoms with Crippen LogP contribution in [-0.2, 0) is 15.0 Å². The number of likely N-dealkylation sites (N-methyl/N-ethyl adjacent to an activating group) is 1. The van der Waals surface area contributed by atoms with E-state index in [4.69, 9.17) is 0 Å². The van der Waals surface area contributed by atoms with Crippen molar-refractivity contribution in [2.24, 2.45) is 0 Å². The van der Waals surface area contributed by atoms with E-state index < -0.39 is 0 Å². The lowest BCUT2D eigenvalue weighted by Gasteiger charge is -2.25. The normalized spacial score (nSPS) is 18.1. The first-order chi connectivity index (χ1) is 11.7. The Bertz CT molecular complexity index is 608. The number of amides is 2. The van der Waals surface area contributed by atoms with Crippen molar-refractivity contribution in [3.8, 4) is 0 Å². The van der Waals surface area contributed by atoms with Gasteiger partial charge < -0.3 is 15.1 Å². The van der Waals surface area contributed by atoms with E-state index in [0.717, 1.165) is 12.1 Å². The Morgan fingerprint density at radius 1 is 1.28 bits per heavy atom. The highest BCUT2D eigenvalue weighted by Crippen LogP contribution is 2.38. The summed E-state index contributed by atoms with van der Waals surface area (Å²) in [5.74, 6) is 0.373. The Labute approximate surface area is 155 Å².